The van der Waals surface area contributed by atoms with Gasteiger partial charge in [-0.15, -0.1) is 0 Å². The van der Waals surface area contributed by atoms with Gasteiger partial charge in [0.05, 0.1) is 11.6 Å². The summed E-state index contributed by atoms with van der Waals surface area (Å²) in [5.41, 5.74) is 1.99. The molecule has 1 aliphatic rings. The molecule has 1 amide bonds. The molecule has 0 heterocycles. The number of halogens is 2. The van der Waals surface area contributed by atoms with Gasteiger partial charge in [-0.1, -0.05) is 24.3 Å². The highest BCUT2D eigenvalue weighted by atomic mass is 19.1. The lowest BCUT2D eigenvalue weighted by molar-refractivity contribution is 0.0932. The molecule has 1 unspecified atom stereocenters. The van der Waals surface area contributed by atoms with E-state index >= 15 is 0 Å². The monoisotopic (exact) mass is 273 g/mol. The lowest BCUT2D eigenvalue weighted by atomic mass is 10.1. The molecule has 0 fully saturated rings. The normalized spacial score (nSPS) is 16.8. The van der Waals surface area contributed by atoms with E-state index in [1.54, 1.807) is 0 Å². The van der Waals surface area contributed by atoms with Crippen LogP contribution in [0.2, 0.25) is 0 Å². The third-order valence-corrected chi connectivity index (χ3v) is 3.61. The minimum atomic E-state index is -0.713. The van der Waals surface area contributed by atoms with Crippen molar-refractivity contribution in [3.63, 3.8) is 0 Å². The quantitative estimate of drug-likeness (QED) is 0.893. The highest BCUT2D eigenvalue weighted by Gasteiger charge is 2.24. The van der Waals surface area contributed by atoms with Gasteiger partial charge in [-0.25, -0.2) is 8.78 Å². The van der Waals surface area contributed by atoms with Crippen molar-refractivity contribution in [3.8, 4) is 0 Å². The van der Waals surface area contributed by atoms with Gasteiger partial charge in [-0.3, -0.25) is 4.79 Å². The molecule has 1 atom stereocenters. The molecule has 0 aliphatic heterocycles. The lowest BCUT2D eigenvalue weighted by Crippen LogP contribution is -2.28. The molecule has 0 radical (unpaired) electrons. The molecule has 0 saturated carbocycles. The van der Waals surface area contributed by atoms with E-state index in [9.17, 15) is 13.6 Å². The Hall–Kier alpha value is -2.23. The van der Waals surface area contributed by atoms with Crippen LogP contribution in [0.15, 0.2) is 42.5 Å². The Morgan fingerprint density at radius 1 is 1.15 bits per heavy atom. The molecule has 0 saturated heterocycles. The van der Waals surface area contributed by atoms with Gasteiger partial charge in [0.2, 0.25) is 0 Å². The van der Waals surface area contributed by atoms with Gasteiger partial charge in [0, 0.05) is 0 Å². The van der Waals surface area contributed by atoms with Crippen molar-refractivity contribution in [2.75, 3.05) is 0 Å². The molecule has 2 aromatic carbocycles. The summed E-state index contributed by atoms with van der Waals surface area (Å²) >= 11 is 0. The minimum Gasteiger partial charge on any atom is -0.345 e. The number of carbonyl (C=O) groups is 1. The number of rotatable bonds is 2. The van der Waals surface area contributed by atoms with E-state index in [4.69, 9.17) is 0 Å². The van der Waals surface area contributed by atoms with Crippen molar-refractivity contribution in [2.45, 2.75) is 18.9 Å². The second-order valence-corrected chi connectivity index (χ2v) is 4.89. The molecule has 1 N–H and O–H groups in total. The van der Waals surface area contributed by atoms with Crippen molar-refractivity contribution in [3.05, 3.63) is 70.8 Å². The third-order valence-electron chi connectivity index (χ3n) is 3.61. The average molecular weight is 273 g/mol. The van der Waals surface area contributed by atoms with Gasteiger partial charge in [0.1, 0.15) is 11.6 Å². The highest BCUT2D eigenvalue weighted by Crippen LogP contribution is 2.31. The van der Waals surface area contributed by atoms with E-state index in [0.717, 1.165) is 36.6 Å². The van der Waals surface area contributed by atoms with Crippen LogP contribution in [0.5, 0.6) is 0 Å². The second-order valence-electron chi connectivity index (χ2n) is 4.89. The van der Waals surface area contributed by atoms with E-state index < -0.39 is 17.5 Å². The summed E-state index contributed by atoms with van der Waals surface area (Å²) in [4.78, 5) is 12.1. The molecule has 0 bridgehead atoms. The lowest BCUT2D eigenvalue weighted by Gasteiger charge is -2.14. The topological polar surface area (TPSA) is 29.1 Å². The van der Waals surface area contributed by atoms with Gasteiger partial charge in [0.25, 0.3) is 5.91 Å². The molecule has 0 aromatic heterocycles. The number of fused-ring (bicyclic) bond motifs is 1. The van der Waals surface area contributed by atoms with Crippen LogP contribution in [-0.4, -0.2) is 5.91 Å². The smallest absolute Gasteiger partial charge is 0.254 e. The number of amides is 1. The fourth-order valence-electron chi connectivity index (χ4n) is 2.61. The van der Waals surface area contributed by atoms with Crippen molar-refractivity contribution < 1.29 is 13.6 Å². The van der Waals surface area contributed by atoms with Crippen molar-refractivity contribution in [2.24, 2.45) is 0 Å². The third kappa shape index (κ3) is 2.29. The second kappa shape index (κ2) is 5.04. The first-order chi connectivity index (χ1) is 9.65. The summed E-state index contributed by atoms with van der Waals surface area (Å²) in [6.07, 6.45) is 1.66. The first kappa shape index (κ1) is 12.8. The zero-order valence-corrected chi connectivity index (χ0v) is 10.7. The number of nitrogens with one attached hydrogen (secondary N) is 1. The van der Waals surface area contributed by atoms with E-state index in [1.165, 1.54) is 5.56 Å². The standard InChI is InChI=1S/C16H13F2NO/c17-11-6-7-14(18)13(9-11)16(20)19-15-8-5-10-3-1-2-4-12(10)15/h1-4,6-7,9,15H,5,8H2,(H,19,20). The molecule has 4 heteroatoms. The first-order valence-corrected chi connectivity index (χ1v) is 6.49. The van der Waals surface area contributed by atoms with Crippen LogP contribution in [0.3, 0.4) is 0 Å². The van der Waals surface area contributed by atoms with Crippen LogP contribution in [-0.2, 0) is 6.42 Å². The van der Waals surface area contributed by atoms with Crippen LogP contribution >= 0.6 is 0 Å². The zero-order valence-electron chi connectivity index (χ0n) is 10.7. The summed E-state index contributed by atoms with van der Waals surface area (Å²) in [6, 6.07) is 10.6. The van der Waals surface area contributed by atoms with Crippen LogP contribution in [0.25, 0.3) is 0 Å². The molecule has 0 spiro atoms. The number of benzene rings is 2. The van der Waals surface area contributed by atoms with Crippen molar-refractivity contribution in [1.82, 2.24) is 5.32 Å². The van der Waals surface area contributed by atoms with Crippen LogP contribution in [0.4, 0.5) is 8.78 Å². The van der Waals surface area contributed by atoms with Crippen LogP contribution in [0, 0.1) is 11.6 Å². The Labute approximate surface area is 115 Å². The number of hydrogen-bond acceptors (Lipinski definition) is 1. The molecule has 102 valence electrons. The largest absolute Gasteiger partial charge is 0.345 e. The summed E-state index contributed by atoms with van der Waals surface area (Å²) < 4.78 is 26.7. The van der Waals surface area contributed by atoms with Crippen LogP contribution < -0.4 is 5.32 Å². The van der Waals surface area contributed by atoms with E-state index in [1.807, 2.05) is 24.3 Å². The molecule has 1 aliphatic carbocycles. The number of aryl methyl sites for hydroxylation is 1. The summed E-state index contributed by atoms with van der Waals surface area (Å²) in [5.74, 6) is -1.91. The zero-order chi connectivity index (χ0) is 14.1. The highest BCUT2D eigenvalue weighted by molar-refractivity contribution is 5.94. The van der Waals surface area contributed by atoms with Gasteiger partial charge < -0.3 is 5.32 Å². The Balaban J connectivity index is 1.82. The summed E-state index contributed by atoms with van der Waals surface area (Å²) in [6.45, 7) is 0. The average Bonchev–Trinajstić information content (AvgIpc) is 2.85. The molecule has 2 aromatic rings. The molecule has 3 rings (SSSR count). The predicted molar refractivity (Wildman–Crippen MR) is 71.3 cm³/mol. The summed E-state index contributed by atoms with van der Waals surface area (Å²) in [5, 5.41) is 2.77. The maximum absolute atomic E-state index is 13.6. The van der Waals surface area contributed by atoms with E-state index in [2.05, 4.69) is 5.32 Å². The van der Waals surface area contributed by atoms with Crippen molar-refractivity contribution >= 4 is 5.91 Å². The molecule has 20 heavy (non-hydrogen) atoms. The van der Waals surface area contributed by atoms with E-state index in [-0.39, 0.29) is 11.6 Å². The molecule has 2 nitrogen and oxygen atoms in total. The SMILES string of the molecule is O=C(NC1CCc2ccccc21)c1cc(F)ccc1F. The maximum Gasteiger partial charge on any atom is 0.254 e. The Bertz CT molecular complexity index is 669. The first-order valence-electron chi connectivity index (χ1n) is 6.49. The maximum atomic E-state index is 13.6. The molecular formula is C16H13F2NO. The Kier molecular flexibility index (Phi) is 3.22. The minimum absolute atomic E-state index is 0.138. The van der Waals surface area contributed by atoms with Gasteiger partial charge >= 0.3 is 0 Å². The van der Waals surface area contributed by atoms with Gasteiger partial charge in [-0.05, 0) is 42.2 Å². The predicted octanol–water partition coefficient (Wildman–Crippen LogP) is 3.38. The number of carbonyl (C=O) groups excluding carboxylic acids is 1. The fraction of sp³-hybridized carbons (Fsp3) is 0.188. The molecular weight excluding hydrogens is 260 g/mol. The Morgan fingerprint density at radius 2 is 1.95 bits per heavy atom. The fourth-order valence-corrected chi connectivity index (χ4v) is 2.61. The Morgan fingerprint density at radius 3 is 2.80 bits per heavy atom. The van der Waals surface area contributed by atoms with E-state index in [0.29, 0.717) is 0 Å². The van der Waals surface area contributed by atoms with Crippen molar-refractivity contribution in [1.29, 1.82) is 0 Å². The van der Waals surface area contributed by atoms with Crippen LogP contribution in [0.1, 0.15) is 33.9 Å². The van der Waals surface area contributed by atoms with Gasteiger partial charge in [-0.2, -0.15) is 0 Å². The summed E-state index contributed by atoms with van der Waals surface area (Å²) in [7, 11) is 0. The number of hydrogen-bond donors (Lipinski definition) is 1. The van der Waals surface area contributed by atoms with Gasteiger partial charge in [0.15, 0.2) is 0 Å².